The van der Waals surface area contributed by atoms with Gasteiger partial charge in [0.1, 0.15) is 5.75 Å². The molecule has 4 heteroatoms. The quantitative estimate of drug-likeness (QED) is 0.302. The van der Waals surface area contributed by atoms with E-state index in [1.165, 1.54) is 0 Å². The molecule has 1 aliphatic heterocycles. The average Bonchev–Trinajstić information content (AvgIpc) is 3.15. The molecule has 0 saturated carbocycles. The van der Waals surface area contributed by atoms with Crippen LogP contribution in [0, 0.1) is 0 Å². The molecule has 1 atom stereocenters. The minimum atomic E-state index is -1.86. The zero-order chi connectivity index (χ0) is 20.2. The fourth-order valence-electron chi connectivity index (χ4n) is 4.81. The Balaban J connectivity index is 2.55. The third-order valence-corrected chi connectivity index (χ3v) is 13.1. The number of methoxy groups -OCH3 is 1. The molecule has 27 heavy (non-hydrogen) atoms. The third kappa shape index (κ3) is 4.54. The topological polar surface area (TPSA) is 35.5 Å². The van der Waals surface area contributed by atoms with Gasteiger partial charge in [-0.1, -0.05) is 47.2 Å². The van der Waals surface area contributed by atoms with E-state index in [1.807, 2.05) is 24.3 Å². The molecular weight excluding hydrogens is 352 g/mol. The molecule has 1 unspecified atom stereocenters. The lowest BCUT2D eigenvalue weighted by Crippen LogP contribution is -2.44. The molecule has 0 aromatic heterocycles. The predicted molar refractivity (Wildman–Crippen MR) is 115 cm³/mol. The van der Waals surface area contributed by atoms with Crippen molar-refractivity contribution < 1.29 is 14.3 Å². The summed E-state index contributed by atoms with van der Waals surface area (Å²) in [5.74, 6) is 0.882. The molecule has 1 fully saturated rings. The summed E-state index contributed by atoms with van der Waals surface area (Å²) in [6.45, 7) is 14.7. The normalized spacial score (nSPS) is 18.6. The Morgan fingerprint density at radius 2 is 1.63 bits per heavy atom. The minimum Gasteiger partial charge on any atom is -0.497 e. The lowest BCUT2D eigenvalue weighted by Gasteiger charge is -2.41. The second-order valence-electron chi connectivity index (χ2n) is 8.62. The van der Waals surface area contributed by atoms with E-state index in [4.69, 9.17) is 9.47 Å². The van der Waals surface area contributed by atoms with Crippen molar-refractivity contribution in [1.82, 2.24) is 0 Å². The molecule has 2 rings (SSSR count). The van der Waals surface area contributed by atoms with Crippen LogP contribution in [0.5, 0.6) is 5.75 Å². The van der Waals surface area contributed by atoms with Crippen molar-refractivity contribution in [3.63, 3.8) is 0 Å². The Morgan fingerprint density at radius 3 is 2.04 bits per heavy atom. The first-order valence-electron chi connectivity index (χ1n) is 10.3. The summed E-state index contributed by atoms with van der Waals surface area (Å²) < 4.78 is 11.2. The second-order valence-corrected chi connectivity index (χ2v) is 14.4. The van der Waals surface area contributed by atoms with E-state index in [0.29, 0.717) is 16.6 Å². The van der Waals surface area contributed by atoms with Crippen LogP contribution >= 0.6 is 0 Å². The summed E-state index contributed by atoms with van der Waals surface area (Å²) >= 11 is 0. The number of ether oxygens (including phenoxy) is 2. The third-order valence-electron chi connectivity index (χ3n) is 6.30. The van der Waals surface area contributed by atoms with Gasteiger partial charge in [-0.2, -0.15) is 0 Å². The summed E-state index contributed by atoms with van der Waals surface area (Å²) in [4.78, 5) is 13.5. The van der Waals surface area contributed by atoms with Gasteiger partial charge < -0.3 is 9.47 Å². The van der Waals surface area contributed by atoms with Crippen molar-refractivity contribution >= 4 is 13.9 Å². The maximum atomic E-state index is 13.5. The predicted octanol–water partition coefficient (Wildman–Crippen LogP) is 6.20. The van der Waals surface area contributed by atoms with Gasteiger partial charge in [0.15, 0.2) is 5.78 Å². The van der Waals surface area contributed by atoms with Crippen LogP contribution in [-0.4, -0.2) is 33.7 Å². The van der Waals surface area contributed by atoms with Crippen LogP contribution in [0.3, 0.4) is 0 Å². The van der Waals surface area contributed by atoms with Crippen LogP contribution < -0.4 is 4.74 Å². The summed E-state index contributed by atoms with van der Waals surface area (Å²) in [5.41, 5.74) is 5.72. The molecule has 0 bridgehead atoms. The van der Waals surface area contributed by atoms with E-state index >= 15 is 0 Å². The molecule has 1 aromatic rings. The number of rotatable bonds is 8. The molecule has 1 heterocycles. The van der Waals surface area contributed by atoms with E-state index in [2.05, 4.69) is 47.2 Å². The Labute approximate surface area is 166 Å². The van der Waals surface area contributed by atoms with Crippen LogP contribution in [0.4, 0.5) is 0 Å². The van der Waals surface area contributed by atoms with Crippen molar-refractivity contribution in [3.05, 3.63) is 41.1 Å². The molecular formula is C23H36O3Si. The van der Waals surface area contributed by atoms with Crippen molar-refractivity contribution in [2.24, 2.45) is 0 Å². The highest BCUT2D eigenvalue weighted by atomic mass is 28.3. The molecule has 0 radical (unpaired) electrons. The van der Waals surface area contributed by atoms with Crippen molar-refractivity contribution in [1.29, 1.82) is 0 Å². The summed E-state index contributed by atoms with van der Waals surface area (Å²) in [5, 5.41) is 0. The summed E-state index contributed by atoms with van der Waals surface area (Å²) in [6, 6.07) is 7.46. The van der Waals surface area contributed by atoms with Crippen molar-refractivity contribution in [2.75, 3.05) is 13.7 Å². The number of benzene rings is 1. The standard InChI is InChI=1S/C23H36O3Si/c1-16(2)27(17(3)4,18(5)6)15-21(22-9-8-14-26-22)23(24)19-10-12-20(25-7)13-11-19/h10-13,15-18,22H,8-9,14H2,1-7H3/b21-15-. The number of ketones is 1. The Kier molecular flexibility index (Phi) is 7.46. The van der Waals surface area contributed by atoms with Gasteiger partial charge in [0.05, 0.1) is 21.3 Å². The lowest BCUT2D eigenvalue weighted by molar-refractivity contribution is 0.0942. The molecule has 1 aromatic carbocycles. The smallest absolute Gasteiger partial charge is 0.190 e. The van der Waals surface area contributed by atoms with Crippen LogP contribution in [0.25, 0.3) is 0 Å². The maximum Gasteiger partial charge on any atom is 0.190 e. The average molecular weight is 389 g/mol. The summed E-state index contributed by atoms with van der Waals surface area (Å²) in [7, 11) is -0.218. The lowest BCUT2D eigenvalue weighted by atomic mass is 9.98. The van der Waals surface area contributed by atoms with Crippen molar-refractivity contribution in [2.45, 2.75) is 77.1 Å². The van der Waals surface area contributed by atoms with Gasteiger partial charge in [0.2, 0.25) is 0 Å². The van der Waals surface area contributed by atoms with Gasteiger partial charge in [0.25, 0.3) is 0 Å². The second kappa shape index (κ2) is 9.20. The molecule has 3 nitrogen and oxygen atoms in total. The number of carbonyl (C=O) groups is 1. The largest absolute Gasteiger partial charge is 0.497 e. The van der Waals surface area contributed by atoms with E-state index in [9.17, 15) is 4.79 Å². The maximum absolute atomic E-state index is 13.5. The number of Topliss-reactive ketones (excluding diaryl/α,β-unsaturated/α-hetero) is 1. The molecule has 1 aliphatic rings. The zero-order valence-corrected chi connectivity index (χ0v) is 19.0. The van der Waals surface area contributed by atoms with E-state index in [0.717, 1.165) is 36.3 Å². The molecule has 0 amide bonds. The summed E-state index contributed by atoms with van der Waals surface area (Å²) in [6.07, 6.45) is 1.90. The highest BCUT2D eigenvalue weighted by molar-refractivity contribution is 6.88. The van der Waals surface area contributed by atoms with Crippen molar-refractivity contribution in [3.8, 4) is 5.75 Å². The first-order chi connectivity index (χ1) is 12.7. The van der Waals surface area contributed by atoms with Gasteiger partial charge in [-0.15, -0.1) is 0 Å². The Bertz CT molecular complexity index is 631. The van der Waals surface area contributed by atoms with E-state index < -0.39 is 8.07 Å². The molecule has 1 saturated heterocycles. The highest BCUT2D eigenvalue weighted by Gasteiger charge is 2.42. The Morgan fingerprint density at radius 1 is 1.07 bits per heavy atom. The van der Waals surface area contributed by atoms with Crippen LogP contribution in [0.15, 0.2) is 35.5 Å². The zero-order valence-electron chi connectivity index (χ0n) is 18.0. The van der Waals surface area contributed by atoms with Gasteiger partial charge >= 0.3 is 0 Å². The molecule has 0 N–H and O–H groups in total. The fourth-order valence-corrected chi connectivity index (χ4v) is 10.7. The highest BCUT2D eigenvalue weighted by Crippen LogP contribution is 2.44. The number of hydrogen-bond acceptors (Lipinski definition) is 3. The monoisotopic (exact) mass is 388 g/mol. The Hall–Kier alpha value is -1.39. The molecule has 0 aliphatic carbocycles. The van der Waals surface area contributed by atoms with Crippen LogP contribution in [0.2, 0.25) is 16.6 Å². The first kappa shape index (κ1) is 21.9. The SMILES string of the molecule is COc1ccc(C(=O)/C(=C\[Si](C(C)C)(C(C)C)C(C)C)C2CCCO2)cc1. The molecule has 0 spiro atoms. The molecule has 150 valence electrons. The minimum absolute atomic E-state index is 0.0669. The van der Waals surface area contributed by atoms with E-state index in [1.54, 1.807) is 7.11 Å². The fraction of sp³-hybridized carbons (Fsp3) is 0.609. The number of carbonyl (C=O) groups excluding carboxylic acids is 1. The number of hydrogen-bond donors (Lipinski definition) is 0. The van der Waals surface area contributed by atoms with Gasteiger partial charge in [-0.25, -0.2) is 0 Å². The van der Waals surface area contributed by atoms with Gasteiger partial charge in [-0.05, 0) is 53.7 Å². The first-order valence-corrected chi connectivity index (χ1v) is 12.6. The van der Waals surface area contributed by atoms with Gasteiger partial charge in [-0.3, -0.25) is 4.79 Å². The van der Waals surface area contributed by atoms with E-state index in [-0.39, 0.29) is 11.9 Å². The van der Waals surface area contributed by atoms with Crippen LogP contribution in [-0.2, 0) is 4.74 Å². The van der Waals surface area contributed by atoms with Gasteiger partial charge in [0, 0.05) is 17.7 Å². The van der Waals surface area contributed by atoms with Crippen LogP contribution in [0.1, 0.15) is 64.7 Å².